The lowest BCUT2D eigenvalue weighted by molar-refractivity contribution is 0.0301. The number of carbonyl (C=O) groups is 1. The van der Waals surface area contributed by atoms with E-state index in [4.69, 9.17) is 8.85 Å². The third kappa shape index (κ3) is 7.65. The highest BCUT2D eigenvalue weighted by Gasteiger charge is 2.42. The van der Waals surface area contributed by atoms with Crippen LogP contribution in [0.3, 0.4) is 0 Å². The van der Waals surface area contributed by atoms with Gasteiger partial charge in [0.05, 0.1) is 11.6 Å². The smallest absolute Gasteiger partial charge is 0.325 e. The largest absolute Gasteiger partial charge is 0.543 e. The Morgan fingerprint density at radius 1 is 0.929 bits per heavy atom. The van der Waals surface area contributed by atoms with E-state index in [0.717, 1.165) is 36.5 Å². The molecule has 0 aliphatic carbocycles. The van der Waals surface area contributed by atoms with Gasteiger partial charge in [0.25, 0.3) is 8.32 Å². The summed E-state index contributed by atoms with van der Waals surface area (Å²) < 4.78 is 13.1. The van der Waals surface area contributed by atoms with Gasteiger partial charge in [-0.05, 0) is 79.4 Å². The summed E-state index contributed by atoms with van der Waals surface area (Å²) in [6.45, 7) is 33.4. The van der Waals surface area contributed by atoms with Crippen molar-refractivity contribution in [3.8, 4) is 5.75 Å². The minimum Gasteiger partial charge on any atom is -0.543 e. The van der Waals surface area contributed by atoms with Gasteiger partial charge in [0, 0.05) is 31.7 Å². The summed E-state index contributed by atoms with van der Waals surface area (Å²) in [6, 6.07) is 17.1. The van der Waals surface area contributed by atoms with E-state index >= 15 is 0 Å². The Hall–Kier alpha value is -2.20. The zero-order valence-corrected chi connectivity index (χ0v) is 30.4. The third-order valence-corrected chi connectivity index (χ3v) is 18.5. The Balaban J connectivity index is 2.15. The molecular weight excluding hydrogens is 553 g/mol. The van der Waals surface area contributed by atoms with Crippen molar-refractivity contribution < 1.29 is 13.6 Å². The SMILES string of the molecule is C=CCN1C[C@H](C)N([C@H](c2cccc(O[Si](C)(C)C(C)(C)C)c2)c2ccccc2C(=O)O[Si](C)(C)C(C)(C)C)C[C@H]1C. The molecule has 2 aromatic rings. The molecule has 0 bridgehead atoms. The lowest BCUT2D eigenvalue weighted by Crippen LogP contribution is -2.57. The second kappa shape index (κ2) is 12.8. The predicted molar refractivity (Wildman–Crippen MR) is 183 cm³/mol. The van der Waals surface area contributed by atoms with E-state index in [1.807, 2.05) is 24.3 Å². The number of piperazine rings is 1. The van der Waals surface area contributed by atoms with E-state index in [0.29, 0.717) is 11.6 Å². The lowest BCUT2D eigenvalue weighted by Gasteiger charge is -2.47. The van der Waals surface area contributed by atoms with Crippen LogP contribution in [-0.4, -0.2) is 64.1 Å². The number of nitrogens with zero attached hydrogens (tertiary/aromatic N) is 2. The number of carbonyl (C=O) groups excluding carboxylic acids is 1. The summed E-state index contributed by atoms with van der Waals surface area (Å²) in [5, 5.41) is 0.0196. The van der Waals surface area contributed by atoms with Crippen LogP contribution in [0.15, 0.2) is 61.2 Å². The first-order chi connectivity index (χ1) is 19.3. The normalized spacial score (nSPS) is 20.2. The minimum atomic E-state index is -2.32. The van der Waals surface area contributed by atoms with Crippen molar-refractivity contribution >= 4 is 22.6 Å². The van der Waals surface area contributed by atoms with Crippen LogP contribution in [0.5, 0.6) is 5.75 Å². The molecule has 3 rings (SSSR count). The standard InChI is InChI=1S/C35H56N2O3Si2/c1-14-22-36-24-27(3)37(25-26(36)2)32(28-18-17-19-29(23-28)39-41(10,11)34(4,5)6)30-20-15-16-21-31(30)33(38)40-42(12,13)35(7,8)9/h14-21,23,26-27,32H,1,22,24-25H2,2-13H3/t26-,27+,32-/m1/s1. The van der Waals surface area contributed by atoms with Crippen molar-refractivity contribution in [3.63, 3.8) is 0 Å². The van der Waals surface area contributed by atoms with Crippen LogP contribution in [0.2, 0.25) is 36.3 Å². The number of rotatable bonds is 9. The summed E-state index contributed by atoms with van der Waals surface area (Å²) in [7, 11) is -4.36. The fourth-order valence-corrected chi connectivity index (χ4v) is 7.01. The van der Waals surface area contributed by atoms with Gasteiger partial charge in [-0.2, -0.15) is 0 Å². The fourth-order valence-electron chi connectivity index (χ4n) is 5.11. The first kappa shape index (κ1) is 34.3. The molecule has 1 saturated heterocycles. The second-order valence-corrected chi connectivity index (χ2v) is 24.7. The Morgan fingerprint density at radius 2 is 1.55 bits per heavy atom. The molecule has 0 spiro atoms. The molecule has 0 N–H and O–H groups in total. The zero-order valence-electron chi connectivity index (χ0n) is 28.4. The molecule has 0 saturated carbocycles. The first-order valence-corrected chi connectivity index (χ1v) is 21.3. The van der Waals surface area contributed by atoms with Gasteiger partial charge in [-0.15, -0.1) is 6.58 Å². The molecule has 5 nitrogen and oxygen atoms in total. The van der Waals surface area contributed by atoms with Crippen LogP contribution in [0, 0.1) is 0 Å². The minimum absolute atomic E-state index is 0.0716. The Labute approximate surface area is 258 Å². The topological polar surface area (TPSA) is 42.0 Å². The maximum atomic E-state index is 13.9. The van der Waals surface area contributed by atoms with Crippen molar-refractivity contribution in [2.24, 2.45) is 0 Å². The van der Waals surface area contributed by atoms with E-state index < -0.39 is 16.6 Å². The maximum absolute atomic E-state index is 13.9. The molecule has 232 valence electrons. The van der Waals surface area contributed by atoms with E-state index in [1.165, 1.54) is 0 Å². The van der Waals surface area contributed by atoms with Gasteiger partial charge in [0.1, 0.15) is 5.75 Å². The summed E-state index contributed by atoms with van der Waals surface area (Å²) >= 11 is 0. The average molecular weight is 609 g/mol. The van der Waals surface area contributed by atoms with Crippen LogP contribution < -0.4 is 4.43 Å². The van der Waals surface area contributed by atoms with Crippen molar-refractivity contribution in [1.29, 1.82) is 0 Å². The summed E-state index contributed by atoms with van der Waals surface area (Å²) in [5.41, 5.74) is 2.77. The molecular formula is C35H56N2O3Si2. The molecule has 0 aromatic heterocycles. The zero-order chi connectivity index (χ0) is 31.7. The molecule has 1 aliphatic heterocycles. The number of benzene rings is 2. The molecule has 0 amide bonds. The van der Waals surface area contributed by atoms with Crippen LogP contribution in [0.4, 0.5) is 0 Å². The summed E-state index contributed by atoms with van der Waals surface area (Å²) in [6.07, 6.45) is 1.99. The highest BCUT2D eigenvalue weighted by molar-refractivity contribution is 6.75. The molecule has 1 aliphatic rings. The highest BCUT2D eigenvalue weighted by Crippen LogP contribution is 2.41. The molecule has 42 heavy (non-hydrogen) atoms. The molecule has 3 atom stereocenters. The lowest BCUT2D eigenvalue weighted by atomic mass is 9.90. The van der Waals surface area contributed by atoms with Gasteiger partial charge in [-0.3, -0.25) is 9.80 Å². The van der Waals surface area contributed by atoms with Gasteiger partial charge in [0.2, 0.25) is 8.32 Å². The number of hydrogen-bond acceptors (Lipinski definition) is 5. The van der Waals surface area contributed by atoms with Gasteiger partial charge in [-0.25, -0.2) is 4.79 Å². The van der Waals surface area contributed by atoms with Gasteiger partial charge in [-0.1, -0.05) is 78.0 Å². The first-order valence-electron chi connectivity index (χ1n) is 15.5. The summed E-state index contributed by atoms with van der Waals surface area (Å²) in [4.78, 5) is 19.0. The fraction of sp³-hybridized carbons (Fsp3) is 0.571. The monoisotopic (exact) mass is 608 g/mol. The van der Waals surface area contributed by atoms with E-state index in [-0.39, 0.29) is 28.1 Å². The Bertz CT molecular complexity index is 1250. The van der Waals surface area contributed by atoms with E-state index in [2.05, 4.69) is 128 Å². The van der Waals surface area contributed by atoms with Crippen molar-refractivity contribution in [2.75, 3.05) is 19.6 Å². The van der Waals surface area contributed by atoms with Gasteiger partial charge < -0.3 is 8.85 Å². The molecule has 1 fully saturated rings. The number of hydrogen-bond donors (Lipinski definition) is 0. The van der Waals surface area contributed by atoms with Crippen molar-refractivity contribution in [2.45, 2.75) is 110 Å². The van der Waals surface area contributed by atoms with Crippen LogP contribution in [0.1, 0.15) is 82.9 Å². The van der Waals surface area contributed by atoms with Gasteiger partial charge >= 0.3 is 5.97 Å². The third-order valence-electron chi connectivity index (χ3n) is 9.84. The average Bonchev–Trinajstić information content (AvgIpc) is 2.86. The highest BCUT2D eigenvalue weighted by atomic mass is 28.4. The van der Waals surface area contributed by atoms with E-state index in [9.17, 15) is 4.79 Å². The predicted octanol–water partition coefficient (Wildman–Crippen LogP) is 8.90. The molecule has 1 heterocycles. The molecule has 7 heteroatoms. The van der Waals surface area contributed by atoms with Crippen LogP contribution in [-0.2, 0) is 4.43 Å². The van der Waals surface area contributed by atoms with Crippen molar-refractivity contribution in [3.05, 3.63) is 77.9 Å². The molecule has 2 aromatic carbocycles. The maximum Gasteiger partial charge on any atom is 0.325 e. The molecule has 0 radical (unpaired) electrons. The van der Waals surface area contributed by atoms with Crippen LogP contribution in [0.25, 0.3) is 0 Å². The summed E-state index contributed by atoms with van der Waals surface area (Å²) in [5.74, 6) is 0.679. The van der Waals surface area contributed by atoms with Crippen molar-refractivity contribution in [1.82, 2.24) is 9.80 Å². The van der Waals surface area contributed by atoms with Gasteiger partial charge in [0.15, 0.2) is 0 Å². The Kier molecular flexibility index (Phi) is 10.5. The Morgan fingerprint density at radius 3 is 2.14 bits per heavy atom. The van der Waals surface area contributed by atoms with E-state index in [1.54, 1.807) is 0 Å². The van der Waals surface area contributed by atoms with Crippen LogP contribution >= 0.6 is 0 Å². The second-order valence-electron chi connectivity index (χ2n) is 15.2. The quantitative estimate of drug-likeness (QED) is 0.210. The molecule has 0 unspecified atom stereocenters.